The summed E-state index contributed by atoms with van der Waals surface area (Å²) in [7, 11) is 0. The fourth-order valence-corrected chi connectivity index (χ4v) is 1.76. The van der Waals surface area contributed by atoms with E-state index in [0.717, 1.165) is 16.7 Å². The van der Waals surface area contributed by atoms with Crippen LogP contribution in [-0.4, -0.2) is 6.09 Å². The van der Waals surface area contributed by atoms with Crippen LogP contribution < -0.4 is 5.32 Å². The second-order valence-corrected chi connectivity index (χ2v) is 4.22. The molecule has 2 aromatic rings. The minimum Gasteiger partial charge on any atom is -0.445 e. The number of ether oxygens (including phenoxy) is 1. The van der Waals surface area contributed by atoms with Crippen molar-refractivity contribution in [3.63, 3.8) is 0 Å². The summed E-state index contributed by atoms with van der Waals surface area (Å²) in [5.74, 6) is 2.59. The normalized spacial score (nSPS) is 9.55. The first-order chi connectivity index (χ1) is 9.79. The molecule has 2 aromatic carbocycles. The van der Waals surface area contributed by atoms with Gasteiger partial charge in [-0.25, -0.2) is 4.79 Å². The Hall–Kier alpha value is -2.73. The predicted octanol–water partition coefficient (Wildman–Crippen LogP) is 3.09. The quantitative estimate of drug-likeness (QED) is 0.863. The van der Waals surface area contributed by atoms with Crippen molar-refractivity contribution in [3.05, 3.63) is 71.3 Å². The van der Waals surface area contributed by atoms with E-state index in [2.05, 4.69) is 11.2 Å². The molecule has 0 heterocycles. The molecular formula is C17H15NO2. The average Bonchev–Trinajstić information content (AvgIpc) is 2.52. The van der Waals surface area contributed by atoms with E-state index in [9.17, 15) is 4.79 Å². The molecule has 0 aliphatic heterocycles. The number of hydrogen-bond donors (Lipinski definition) is 1. The van der Waals surface area contributed by atoms with Crippen LogP contribution in [0.5, 0.6) is 0 Å². The summed E-state index contributed by atoms with van der Waals surface area (Å²) >= 11 is 0. The van der Waals surface area contributed by atoms with Gasteiger partial charge in [0.15, 0.2) is 0 Å². The van der Waals surface area contributed by atoms with Gasteiger partial charge in [-0.05, 0) is 17.2 Å². The van der Waals surface area contributed by atoms with Gasteiger partial charge in [0.25, 0.3) is 0 Å². The number of terminal acetylenes is 1. The second-order valence-electron chi connectivity index (χ2n) is 4.22. The fraction of sp³-hybridized carbons (Fsp3) is 0.118. The molecule has 0 aromatic heterocycles. The third-order valence-electron chi connectivity index (χ3n) is 2.81. The van der Waals surface area contributed by atoms with Crippen molar-refractivity contribution in [1.29, 1.82) is 0 Å². The van der Waals surface area contributed by atoms with Crippen LogP contribution >= 0.6 is 0 Å². The van der Waals surface area contributed by atoms with Crippen molar-refractivity contribution in [2.45, 2.75) is 13.2 Å². The first-order valence-electron chi connectivity index (χ1n) is 6.28. The van der Waals surface area contributed by atoms with Crippen molar-refractivity contribution < 1.29 is 9.53 Å². The Labute approximate surface area is 118 Å². The number of carbonyl (C=O) groups excluding carboxylic acids is 1. The molecule has 0 atom stereocenters. The summed E-state index contributed by atoms with van der Waals surface area (Å²) in [4.78, 5) is 11.6. The fourth-order valence-electron chi connectivity index (χ4n) is 1.76. The van der Waals surface area contributed by atoms with Gasteiger partial charge in [-0.15, -0.1) is 6.42 Å². The second kappa shape index (κ2) is 7.01. The lowest BCUT2D eigenvalue weighted by Crippen LogP contribution is -2.24. The van der Waals surface area contributed by atoms with Crippen LogP contribution in [0, 0.1) is 12.3 Å². The van der Waals surface area contributed by atoms with E-state index in [0.29, 0.717) is 6.54 Å². The maximum Gasteiger partial charge on any atom is 0.407 e. The molecule has 0 saturated heterocycles. The molecule has 0 aliphatic rings. The van der Waals surface area contributed by atoms with Gasteiger partial charge in [0.05, 0.1) is 0 Å². The molecule has 1 N–H and O–H groups in total. The van der Waals surface area contributed by atoms with Gasteiger partial charge < -0.3 is 10.1 Å². The summed E-state index contributed by atoms with van der Waals surface area (Å²) in [6.45, 7) is 0.609. The van der Waals surface area contributed by atoms with E-state index in [4.69, 9.17) is 11.2 Å². The zero-order valence-electron chi connectivity index (χ0n) is 11.0. The third-order valence-corrected chi connectivity index (χ3v) is 2.81. The maximum atomic E-state index is 11.6. The first-order valence-corrected chi connectivity index (χ1v) is 6.28. The van der Waals surface area contributed by atoms with E-state index in [1.165, 1.54) is 0 Å². The van der Waals surface area contributed by atoms with Gasteiger partial charge in [-0.3, -0.25) is 0 Å². The van der Waals surface area contributed by atoms with E-state index in [1.807, 2.05) is 54.6 Å². The highest BCUT2D eigenvalue weighted by molar-refractivity contribution is 5.67. The largest absolute Gasteiger partial charge is 0.445 e. The molecule has 0 saturated carbocycles. The molecule has 0 radical (unpaired) electrons. The predicted molar refractivity (Wildman–Crippen MR) is 77.8 cm³/mol. The lowest BCUT2D eigenvalue weighted by Gasteiger charge is -2.08. The molecule has 2 rings (SSSR count). The number of amides is 1. The van der Waals surface area contributed by atoms with Gasteiger partial charge in [-0.2, -0.15) is 0 Å². The number of hydrogen-bond acceptors (Lipinski definition) is 2. The van der Waals surface area contributed by atoms with Crippen LogP contribution in [0.15, 0.2) is 54.6 Å². The number of rotatable bonds is 4. The van der Waals surface area contributed by atoms with Gasteiger partial charge in [0.2, 0.25) is 0 Å². The van der Waals surface area contributed by atoms with Crippen LogP contribution in [0.1, 0.15) is 16.7 Å². The van der Waals surface area contributed by atoms with Crippen LogP contribution in [0.3, 0.4) is 0 Å². The van der Waals surface area contributed by atoms with E-state index >= 15 is 0 Å². The summed E-state index contributed by atoms with van der Waals surface area (Å²) in [5, 5.41) is 2.69. The molecule has 100 valence electrons. The standard InChI is InChI=1S/C17H15NO2/c1-2-15-10-6-7-11-16(15)12-18-17(19)20-13-14-8-4-3-5-9-14/h1,3-11H,12-13H2,(H,18,19). The molecule has 3 heteroatoms. The molecule has 0 bridgehead atoms. The van der Waals surface area contributed by atoms with E-state index in [1.54, 1.807) is 0 Å². The van der Waals surface area contributed by atoms with Crippen molar-refractivity contribution in [2.24, 2.45) is 0 Å². The van der Waals surface area contributed by atoms with Crippen LogP contribution in [0.4, 0.5) is 4.79 Å². The number of carbonyl (C=O) groups is 1. The van der Waals surface area contributed by atoms with Crippen LogP contribution in [0.2, 0.25) is 0 Å². The summed E-state index contributed by atoms with van der Waals surface area (Å²) in [5.41, 5.74) is 2.62. The van der Waals surface area contributed by atoms with Crippen molar-refractivity contribution in [2.75, 3.05) is 0 Å². The molecule has 0 unspecified atom stereocenters. The Kier molecular flexibility index (Phi) is 4.80. The molecule has 1 amide bonds. The monoisotopic (exact) mass is 265 g/mol. The van der Waals surface area contributed by atoms with Gasteiger partial charge in [0.1, 0.15) is 6.61 Å². The van der Waals surface area contributed by atoms with E-state index in [-0.39, 0.29) is 6.61 Å². The minimum absolute atomic E-state index is 0.253. The van der Waals surface area contributed by atoms with Gasteiger partial charge >= 0.3 is 6.09 Å². The molecule has 20 heavy (non-hydrogen) atoms. The summed E-state index contributed by atoms with van der Waals surface area (Å²) in [6.07, 6.45) is 4.94. The SMILES string of the molecule is C#Cc1ccccc1CNC(=O)OCc1ccccc1. The topological polar surface area (TPSA) is 38.3 Å². The summed E-state index contributed by atoms with van der Waals surface area (Å²) < 4.78 is 5.12. The zero-order valence-corrected chi connectivity index (χ0v) is 11.0. The molecular weight excluding hydrogens is 250 g/mol. The molecule has 0 fully saturated rings. The summed E-state index contributed by atoms with van der Waals surface area (Å²) in [6, 6.07) is 17.0. The highest BCUT2D eigenvalue weighted by Gasteiger charge is 2.04. The first kappa shape index (κ1) is 13.7. The van der Waals surface area contributed by atoms with Crippen molar-refractivity contribution >= 4 is 6.09 Å². The zero-order chi connectivity index (χ0) is 14.2. The minimum atomic E-state index is -0.458. The van der Waals surface area contributed by atoms with Crippen molar-refractivity contribution in [3.8, 4) is 12.3 Å². The Morgan fingerprint density at radius 3 is 2.55 bits per heavy atom. The maximum absolute atomic E-state index is 11.6. The van der Waals surface area contributed by atoms with Gasteiger partial charge in [0, 0.05) is 12.1 Å². The van der Waals surface area contributed by atoms with Crippen LogP contribution in [-0.2, 0) is 17.9 Å². The van der Waals surface area contributed by atoms with Gasteiger partial charge in [-0.1, -0.05) is 54.5 Å². The lowest BCUT2D eigenvalue weighted by molar-refractivity contribution is 0.139. The van der Waals surface area contributed by atoms with Crippen molar-refractivity contribution in [1.82, 2.24) is 5.32 Å². The smallest absolute Gasteiger partial charge is 0.407 e. The number of nitrogens with one attached hydrogen (secondary N) is 1. The Balaban J connectivity index is 1.82. The van der Waals surface area contributed by atoms with Crippen LogP contribution in [0.25, 0.3) is 0 Å². The Bertz CT molecular complexity index is 614. The van der Waals surface area contributed by atoms with E-state index < -0.39 is 6.09 Å². The Morgan fingerprint density at radius 1 is 1.10 bits per heavy atom. The Morgan fingerprint density at radius 2 is 1.80 bits per heavy atom. The highest BCUT2D eigenvalue weighted by atomic mass is 16.5. The molecule has 0 spiro atoms. The average molecular weight is 265 g/mol. The number of benzene rings is 2. The lowest BCUT2D eigenvalue weighted by atomic mass is 10.1. The number of alkyl carbamates (subject to hydrolysis) is 1. The molecule has 3 nitrogen and oxygen atoms in total. The third kappa shape index (κ3) is 3.89. The highest BCUT2D eigenvalue weighted by Crippen LogP contribution is 2.07. The molecule has 0 aliphatic carbocycles.